The Labute approximate surface area is 109 Å². The maximum atomic E-state index is 5.70. The third kappa shape index (κ3) is 3.28. The van der Waals surface area contributed by atoms with Crippen LogP contribution in [0, 0.1) is 0 Å². The molecular formula is C13H14BrN3. The molecule has 1 aromatic carbocycles. The zero-order valence-corrected chi connectivity index (χ0v) is 10.9. The SMILES string of the molecule is NCc1ccccc1CNc1cncc(Br)c1. The second-order valence-corrected chi connectivity index (χ2v) is 4.63. The lowest BCUT2D eigenvalue weighted by atomic mass is 10.1. The number of pyridine rings is 1. The van der Waals surface area contributed by atoms with Crippen LogP contribution in [0.25, 0.3) is 0 Å². The molecule has 4 heteroatoms. The summed E-state index contributed by atoms with van der Waals surface area (Å²) in [5.74, 6) is 0. The second kappa shape index (κ2) is 5.80. The Morgan fingerprint density at radius 1 is 1.18 bits per heavy atom. The zero-order valence-electron chi connectivity index (χ0n) is 9.36. The van der Waals surface area contributed by atoms with Crippen LogP contribution in [-0.4, -0.2) is 4.98 Å². The topological polar surface area (TPSA) is 50.9 Å². The van der Waals surface area contributed by atoms with Crippen LogP contribution < -0.4 is 11.1 Å². The fourth-order valence-corrected chi connectivity index (χ4v) is 2.00. The molecule has 0 aliphatic rings. The van der Waals surface area contributed by atoms with Crippen molar-refractivity contribution in [1.29, 1.82) is 0 Å². The molecule has 0 spiro atoms. The zero-order chi connectivity index (χ0) is 12.1. The van der Waals surface area contributed by atoms with Gasteiger partial charge < -0.3 is 11.1 Å². The number of anilines is 1. The van der Waals surface area contributed by atoms with Gasteiger partial charge in [-0.25, -0.2) is 0 Å². The highest BCUT2D eigenvalue weighted by atomic mass is 79.9. The first-order valence-electron chi connectivity index (χ1n) is 5.41. The summed E-state index contributed by atoms with van der Waals surface area (Å²) in [6.45, 7) is 1.32. The number of halogens is 1. The smallest absolute Gasteiger partial charge is 0.0540 e. The molecule has 0 saturated heterocycles. The van der Waals surface area contributed by atoms with E-state index in [1.54, 1.807) is 12.4 Å². The van der Waals surface area contributed by atoms with E-state index in [4.69, 9.17) is 5.73 Å². The third-order valence-electron chi connectivity index (χ3n) is 2.53. The van der Waals surface area contributed by atoms with Gasteiger partial charge in [-0.2, -0.15) is 0 Å². The molecule has 1 aromatic heterocycles. The number of benzene rings is 1. The van der Waals surface area contributed by atoms with E-state index in [0.29, 0.717) is 6.54 Å². The van der Waals surface area contributed by atoms with Crippen LogP contribution in [0.15, 0.2) is 47.2 Å². The van der Waals surface area contributed by atoms with Crippen LogP contribution in [-0.2, 0) is 13.1 Å². The number of rotatable bonds is 4. The summed E-state index contributed by atoms with van der Waals surface area (Å²) in [6.07, 6.45) is 3.56. The van der Waals surface area contributed by atoms with Crippen molar-refractivity contribution in [2.24, 2.45) is 5.73 Å². The van der Waals surface area contributed by atoms with E-state index in [1.165, 1.54) is 11.1 Å². The molecule has 2 rings (SSSR count). The number of hydrogen-bond acceptors (Lipinski definition) is 3. The van der Waals surface area contributed by atoms with Crippen LogP contribution >= 0.6 is 15.9 Å². The van der Waals surface area contributed by atoms with Crippen molar-refractivity contribution in [3.8, 4) is 0 Å². The molecule has 0 atom stereocenters. The van der Waals surface area contributed by atoms with Crippen LogP contribution in [0.4, 0.5) is 5.69 Å². The van der Waals surface area contributed by atoms with Gasteiger partial charge in [0, 0.05) is 23.8 Å². The number of nitrogens with one attached hydrogen (secondary N) is 1. The van der Waals surface area contributed by atoms with Gasteiger partial charge in [0.1, 0.15) is 0 Å². The molecule has 2 aromatic rings. The molecule has 1 heterocycles. The highest BCUT2D eigenvalue weighted by Crippen LogP contribution is 2.15. The van der Waals surface area contributed by atoms with Crippen LogP contribution in [0.2, 0.25) is 0 Å². The van der Waals surface area contributed by atoms with E-state index in [2.05, 4.69) is 38.4 Å². The molecule has 17 heavy (non-hydrogen) atoms. The van der Waals surface area contributed by atoms with Gasteiger partial charge in [-0.15, -0.1) is 0 Å². The lowest BCUT2D eigenvalue weighted by Crippen LogP contribution is -2.06. The van der Waals surface area contributed by atoms with Crippen molar-refractivity contribution in [3.63, 3.8) is 0 Å². The highest BCUT2D eigenvalue weighted by molar-refractivity contribution is 9.10. The van der Waals surface area contributed by atoms with E-state index in [0.717, 1.165) is 16.7 Å². The maximum absolute atomic E-state index is 5.70. The molecule has 0 amide bonds. The molecule has 0 saturated carbocycles. The normalized spacial score (nSPS) is 10.2. The van der Waals surface area contributed by atoms with E-state index in [9.17, 15) is 0 Å². The summed E-state index contributed by atoms with van der Waals surface area (Å²) in [4.78, 5) is 4.11. The Bertz CT molecular complexity index is 500. The van der Waals surface area contributed by atoms with Gasteiger partial charge in [-0.05, 0) is 33.1 Å². The molecule has 0 fully saturated rings. The molecule has 0 aliphatic heterocycles. The van der Waals surface area contributed by atoms with Gasteiger partial charge in [0.05, 0.1) is 11.9 Å². The fraction of sp³-hybridized carbons (Fsp3) is 0.154. The van der Waals surface area contributed by atoms with Gasteiger partial charge >= 0.3 is 0 Å². The minimum absolute atomic E-state index is 0.564. The second-order valence-electron chi connectivity index (χ2n) is 3.72. The van der Waals surface area contributed by atoms with Crippen LogP contribution in [0.1, 0.15) is 11.1 Å². The lowest BCUT2D eigenvalue weighted by Gasteiger charge is -2.10. The lowest BCUT2D eigenvalue weighted by molar-refractivity contribution is 1.01. The van der Waals surface area contributed by atoms with Gasteiger partial charge in [0.2, 0.25) is 0 Å². The summed E-state index contributed by atoms with van der Waals surface area (Å²) in [5.41, 5.74) is 9.07. The quantitative estimate of drug-likeness (QED) is 0.911. The molecule has 0 aliphatic carbocycles. The van der Waals surface area contributed by atoms with Crippen molar-refractivity contribution in [3.05, 3.63) is 58.3 Å². The number of nitrogens with two attached hydrogens (primary N) is 1. The summed E-state index contributed by atoms with van der Waals surface area (Å²) in [6, 6.07) is 10.2. The van der Waals surface area contributed by atoms with Crippen molar-refractivity contribution in [2.45, 2.75) is 13.1 Å². The monoisotopic (exact) mass is 291 g/mol. The molecule has 88 valence electrons. The Kier molecular flexibility index (Phi) is 4.12. The third-order valence-corrected chi connectivity index (χ3v) is 2.96. The first kappa shape index (κ1) is 12.1. The van der Waals surface area contributed by atoms with Crippen LogP contribution in [0.5, 0.6) is 0 Å². The molecule has 0 bridgehead atoms. The average molecular weight is 292 g/mol. The number of nitrogens with zero attached hydrogens (tertiary/aromatic N) is 1. The van der Waals surface area contributed by atoms with E-state index >= 15 is 0 Å². The fourth-order valence-electron chi connectivity index (χ4n) is 1.63. The van der Waals surface area contributed by atoms with E-state index in [1.807, 2.05) is 18.2 Å². The minimum atomic E-state index is 0.564. The standard InChI is InChI=1S/C13H14BrN3/c14-12-5-13(9-16-8-12)17-7-11-4-2-1-3-10(11)6-15/h1-5,8-9,17H,6-7,15H2. The maximum Gasteiger partial charge on any atom is 0.0540 e. The predicted octanol–water partition coefficient (Wildman–Crippen LogP) is 2.91. The molecule has 0 unspecified atom stereocenters. The van der Waals surface area contributed by atoms with E-state index < -0.39 is 0 Å². The van der Waals surface area contributed by atoms with Gasteiger partial charge in [-0.3, -0.25) is 4.98 Å². The Morgan fingerprint density at radius 2 is 1.94 bits per heavy atom. The van der Waals surface area contributed by atoms with Gasteiger partial charge in [0.25, 0.3) is 0 Å². The minimum Gasteiger partial charge on any atom is -0.380 e. The highest BCUT2D eigenvalue weighted by Gasteiger charge is 2.00. The van der Waals surface area contributed by atoms with Crippen molar-refractivity contribution >= 4 is 21.6 Å². The van der Waals surface area contributed by atoms with Crippen molar-refractivity contribution < 1.29 is 0 Å². The summed E-state index contributed by atoms with van der Waals surface area (Å²) >= 11 is 3.39. The van der Waals surface area contributed by atoms with Crippen molar-refractivity contribution in [1.82, 2.24) is 4.98 Å². The number of aromatic nitrogens is 1. The molecule has 0 radical (unpaired) electrons. The first-order chi connectivity index (χ1) is 8.29. The predicted molar refractivity (Wildman–Crippen MR) is 73.6 cm³/mol. The Morgan fingerprint density at radius 3 is 2.65 bits per heavy atom. The summed E-state index contributed by atoms with van der Waals surface area (Å²) in [7, 11) is 0. The van der Waals surface area contributed by atoms with Gasteiger partial charge in [-0.1, -0.05) is 24.3 Å². The Balaban J connectivity index is 2.07. The largest absolute Gasteiger partial charge is 0.380 e. The van der Waals surface area contributed by atoms with Crippen LogP contribution in [0.3, 0.4) is 0 Å². The van der Waals surface area contributed by atoms with Gasteiger partial charge in [0.15, 0.2) is 0 Å². The Hall–Kier alpha value is -1.39. The van der Waals surface area contributed by atoms with Crippen molar-refractivity contribution in [2.75, 3.05) is 5.32 Å². The molecule has 3 N–H and O–H groups in total. The first-order valence-corrected chi connectivity index (χ1v) is 6.20. The average Bonchev–Trinajstić information content (AvgIpc) is 2.37. The summed E-state index contributed by atoms with van der Waals surface area (Å²) in [5, 5.41) is 3.33. The molecular weight excluding hydrogens is 278 g/mol. The summed E-state index contributed by atoms with van der Waals surface area (Å²) < 4.78 is 0.967. The number of hydrogen-bond donors (Lipinski definition) is 2. The van der Waals surface area contributed by atoms with E-state index in [-0.39, 0.29) is 0 Å². The molecule has 3 nitrogen and oxygen atoms in total.